The molecular formula is C10H19NO2. The van der Waals surface area contributed by atoms with E-state index in [0.29, 0.717) is 18.1 Å². The molecule has 0 radical (unpaired) electrons. The van der Waals surface area contributed by atoms with Crippen LogP contribution in [0.15, 0.2) is 0 Å². The first-order chi connectivity index (χ1) is 6.36. The molecule has 2 rings (SSSR count). The molecule has 2 unspecified atom stereocenters. The second-order valence-electron chi connectivity index (χ2n) is 4.14. The highest BCUT2D eigenvalue weighted by molar-refractivity contribution is 4.80. The third-order valence-electron chi connectivity index (χ3n) is 3.15. The summed E-state index contributed by atoms with van der Waals surface area (Å²) < 4.78 is 11.1. The molecule has 2 heterocycles. The van der Waals surface area contributed by atoms with E-state index in [9.17, 15) is 0 Å². The summed E-state index contributed by atoms with van der Waals surface area (Å²) in [5, 5.41) is 0. The first kappa shape index (κ1) is 9.44. The summed E-state index contributed by atoms with van der Waals surface area (Å²) in [5.41, 5.74) is 5.92. The summed E-state index contributed by atoms with van der Waals surface area (Å²) in [6.45, 7) is 2.66. The van der Waals surface area contributed by atoms with Gasteiger partial charge >= 0.3 is 0 Å². The lowest BCUT2D eigenvalue weighted by atomic mass is 9.88. The minimum Gasteiger partial charge on any atom is -0.381 e. The number of hydrogen-bond donors (Lipinski definition) is 1. The fourth-order valence-electron chi connectivity index (χ4n) is 2.27. The summed E-state index contributed by atoms with van der Waals surface area (Å²) in [4.78, 5) is 0. The molecule has 0 aromatic heterocycles. The van der Waals surface area contributed by atoms with Gasteiger partial charge in [-0.15, -0.1) is 0 Å². The number of hydrogen-bond acceptors (Lipinski definition) is 3. The van der Waals surface area contributed by atoms with E-state index in [1.807, 2.05) is 0 Å². The fraction of sp³-hybridized carbons (Fsp3) is 1.00. The maximum absolute atomic E-state index is 5.92. The minimum absolute atomic E-state index is 0.363. The summed E-state index contributed by atoms with van der Waals surface area (Å²) >= 11 is 0. The van der Waals surface area contributed by atoms with E-state index in [4.69, 9.17) is 15.2 Å². The Morgan fingerprint density at radius 2 is 1.77 bits per heavy atom. The molecule has 2 N–H and O–H groups in total. The number of rotatable bonds is 1. The van der Waals surface area contributed by atoms with Crippen LogP contribution in [0.2, 0.25) is 0 Å². The molecule has 3 heteroatoms. The lowest BCUT2D eigenvalue weighted by molar-refractivity contribution is -0.0602. The Morgan fingerprint density at radius 3 is 2.46 bits per heavy atom. The van der Waals surface area contributed by atoms with Crippen LogP contribution in [0, 0.1) is 5.92 Å². The third kappa shape index (κ3) is 2.42. The normalized spacial score (nSPS) is 37.6. The van der Waals surface area contributed by atoms with E-state index >= 15 is 0 Å². The van der Waals surface area contributed by atoms with Crippen LogP contribution >= 0.6 is 0 Å². The molecule has 0 saturated carbocycles. The van der Waals surface area contributed by atoms with E-state index in [2.05, 4.69) is 0 Å². The summed E-state index contributed by atoms with van der Waals surface area (Å²) in [6, 6.07) is 0.363. The van der Waals surface area contributed by atoms with E-state index in [0.717, 1.165) is 45.5 Å². The first-order valence-corrected chi connectivity index (χ1v) is 5.31. The Bertz CT molecular complexity index is 157. The maximum Gasteiger partial charge on any atom is 0.0619 e. The van der Waals surface area contributed by atoms with Gasteiger partial charge in [0.15, 0.2) is 0 Å². The fourth-order valence-corrected chi connectivity index (χ4v) is 2.27. The molecule has 13 heavy (non-hydrogen) atoms. The minimum atomic E-state index is 0.363. The van der Waals surface area contributed by atoms with Gasteiger partial charge in [-0.25, -0.2) is 0 Å². The third-order valence-corrected chi connectivity index (χ3v) is 3.15. The Morgan fingerprint density at radius 1 is 1.00 bits per heavy atom. The Balaban J connectivity index is 1.83. The molecule has 0 spiro atoms. The molecule has 0 aromatic carbocycles. The quantitative estimate of drug-likeness (QED) is 0.660. The first-order valence-electron chi connectivity index (χ1n) is 5.31. The topological polar surface area (TPSA) is 44.5 Å². The maximum atomic E-state index is 5.92. The molecule has 2 saturated heterocycles. The second kappa shape index (κ2) is 4.40. The van der Waals surface area contributed by atoms with Gasteiger partial charge in [-0.05, 0) is 31.6 Å². The lowest BCUT2D eigenvalue weighted by Crippen LogP contribution is -2.40. The van der Waals surface area contributed by atoms with E-state index in [1.165, 1.54) is 0 Å². The van der Waals surface area contributed by atoms with Crippen molar-refractivity contribution in [3.63, 3.8) is 0 Å². The van der Waals surface area contributed by atoms with Gasteiger partial charge < -0.3 is 15.2 Å². The van der Waals surface area contributed by atoms with Gasteiger partial charge in [0.1, 0.15) is 0 Å². The molecule has 2 fully saturated rings. The summed E-state index contributed by atoms with van der Waals surface area (Å²) in [5.74, 6) is 0.695. The van der Waals surface area contributed by atoms with Crippen LogP contribution in [-0.4, -0.2) is 32.0 Å². The molecule has 3 nitrogen and oxygen atoms in total. The van der Waals surface area contributed by atoms with E-state index in [-0.39, 0.29) is 0 Å². The lowest BCUT2D eigenvalue weighted by Gasteiger charge is -2.35. The number of ether oxygens (including phenoxy) is 2. The van der Waals surface area contributed by atoms with Gasteiger partial charge in [-0.1, -0.05) is 0 Å². The van der Waals surface area contributed by atoms with Crippen molar-refractivity contribution in [1.82, 2.24) is 0 Å². The second-order valence-corrected chi connectivity index (χ2v) is 4.14. The smallest absolute Gasteiger partial charge is 0.0619 e. The van der Waals surface area contributed by atoms with Crippen LogP contribution in [0.25, 0.3) is 0 Å². The molecule has 0 aromatic rings. The van der Waals surface area contributed by atoms with E-state index < -0.39 is 0 Å². The Kier molecular flexibility index (Phi) is 3.19. The van der Waals surface area contributed by atoms with Gasteiger partial charge in [0.2, 0.25) is 0 Å². The predicted octanol–water partition coefficient (Wildman–Crippen LogP) is 0.919. The monoisotopic (exact) mass is 185 g/mol. The molecule has 76 valence electrons. The van der Waals surface area contributed by atoms with Crippen LogP contribution < -0.4 is 5.73 Å². The Hall–Kier alpha value is -0.120. The van der Waals surface area contributed by atoms with Crippen LogP contribution in [0.1, 0.15) is 25.7 Å². The average Bonchev–Trinajstić information content (AvgIpc) is 2.19. The van der Waals surface area contributed by atoms with Crippen LogP contribution in [0.4, 0.5) is 0 Å². The Labute approximate surface area is 79.6 Å². The van der Waals surface area contributed by atoms with Gasteiger partial charge in [0.25, 0.3) is 0 Å². The zero-order valence-electron chi connectivity index (χ0n) is 8.08. The molecule has 2 atom stereocenters. The molecule has 2 aliphatic rings. The molecule has 0 amide bonds. The van der Waals surface area contributed by atoms with Crippen molar-refractivity contribution in [2.75, 3.05) is 19.8 Å². The van der Waals surface area contributed by atoms with Crippen molar-refractivity contribution in [2.24, 2.45) is 11.7 Å². The standard InChI is InChI=1S/C10H19NO2/c11-9-3-6-13-10(7-9)8-1-4-12-5-2-8/h8-10H,1-7,11H2. The van der Waals surface area contributed by atoms with Gasteiger partial charge in [-0.2, -0.15) is 0 Å². The van der Waals surface area contributed by atoms with Crippen molar-refractivity contribution >= 4 is 0 Å². The SMILES string of the molecule is NC1CCOC(C2CCOCC2)C1. The van der Waals surface area contributed by atoms with E-state index in [1.54, 1.807) is 0 Å². The largest absolute Gasteiger partial charge is 0.381 e. The van der Waals surface area contributed by atoms with Crippen LogP contribution in [0.3, 0.4) is 0 Å². The van der Waals surface area contributed by atoms with Crippen LogP contribution in [-0.2, 0) is 9.47 Å². The highest BCUT2D eigenvalue weighted by atomic mass is 16.5. The highest BCUT2D eigenvalue weighted by Gasteiger charge is 2.28. The highest BCUT2D eigenvalue weighted by Crippen LogP contribution is 2.26. The molecule has 0 bridgehead atoms. The van der Waals surface area contributed by atoms with Crippen LogP contribution in [0.5, 0.6) is 0 Å². The zero-order valence-corrected chi connectivity index (χ0v) is 8.08. The van der Waals surface area contributed by atoms with Crippen molar-refractivity contribution in [1.29, 1.82) is 0 Å². The predicted molar refractivity (Wildman–Crippen MR) is 50.5 cm³/mol. The van der Waals surface area contributed by atoms with Crippen molar-refractivity contribution in [3.8, 4) is 0 Å². The summed E-state index contributed by atoms with van der Waals surface area (Å²) in [7, 11) is 0. The van der Waals surface area contributed by atoms with Gasteiger partial charge in [0.05, 0.1) is 6.10 Å². The average molecular weight is 185 g/mol. The summed E-state index contributed by atoms with van der Waals surface area (Å²) in [6.07, 6.45) is 4.78. The van der Waals surface area contributed by atoms with Crippen molar-refractivity contribution in [3.05, 3.63) is 0 Å². The zero-order chi connectivity index (χ0) is 9.10. The van der Waals surface area contributed by atoms with Gasteiger partial charge in [0, 0.05) is 25.9 Å². The number of nitrogens with two attached hydrogens (primary N) is 1. The molecule has 0 aliphatic carbocycles. The van der Waals surface area contributed by atoms with Gasteiger partial charge in [-0.3, -0.25) is 0 Å². The van der Waals surface area contributed by atoms with Crippen molar-refractivity contribution in [2.45, 2.75) is 37.8 Å². The molecule has 2 aliphatic heterocycles. The van der Waals surface area contributed by atoms with Crippen molar-refractivity contribution < 1.29 is 9.47 Å². The molecular weight excluding hydrogens is 166 g/mol.